The summed E-state index contributed by atoms with van der Waals surface area (Å²) in [5, 5.41) is 0.177. The number of pyridine rings is 1. The monoisotopic (exact) mass is 310 g/mol. The average molecular weight is 311 g/mol. The molecule has 0 spiro atoms. The summed E-state index contributed by atoms with van der Waals surface area (Å²) < 4.78 is 26.1. The molecule has 1 aromatic heterocycles. The first-order valence-corrected chi connectivity index (χ1v) is 7.84. The van der Waals surface area contributed by atoms with Gasteiger partial charge in [-0.3, -0.25) is 4.98 Å². The van der Waals surface area contributed by atoms with Crippen molar-refractivity contribution in [2.45, 2.75) is 18.4 Å². The largest absolute Gasteiger partial charge is 0.263 e. The van der Waals surface area contributed by atoms with E-state index in [9.17, 15) is 8.42 Å². The van der Waals surface area contributed by atoms with E-state index in [4.69, 9.17) is 11.6 Å². The first-order valence-electron chi connectivity index (χ1n) is 6.02. The molecular formula is C14H15ClN2O2S. The molecule has 0 bridgehead atoms. The van der Waals surface area contributed by atoms with Crippen molar-refractivity contribution in [1.82, 2.24) is 9.29 Å². The van der Waals surface area contributed by atoms with Crippen LogP contribution in [-0.2, 0) is 16.6 Å². The standard InChI is InChI=1S/C14H15ClN2O2S/c1-11-3-5-12(6-4-11)10-17(2)20(18,19)14-9-16-8-7-13(14)15/h3-9H,10H2,1-2H3. The number of aryl methyl sites for hydroxylation is 1. The van der Waals surface area contributed by atoms with Gasteiger partial charge < -0.3 is 0 Å². The van der Waals surface area contributed by atoms with E-state index in [1.165, 1.54) is 29.8 Å². The van der Waals surface area contributed by atoms with Gasteiger partial charge in [-0.15, -0.1) is 0 Å². The highest BCUT2D eigenvalue weighted by molar-refractivity contribution is 7.89. The number of hydrogen-bond acceptors (Lipinski definition) is 3. The maximum atomic E-state index is 12.4. The van der Waals surface area contributed by atoms with E-state index in [1.807, 2.05) is 31.2 Å². The van der Waals surface area contributed by atoms with Gasteiger partial charge >= 0.3 is 0 Å². The van der Waals surface area contributed by atoms with Crippen LogP contribution in [0.4, 0.5) is 0 Å². The lowest BCUT2D eigenvalue weighted by atomic mass is 10.1. The molecule has 0 aliphatic rings. The minimum Gasteiger partial charge on any atom is -0.263 e. The summed E-state index contributed by atoms with van der Waals surface area (Å²) in [7, 11) is -2.11. The molecule has 1 aromatic carbocycles. The highest BCUT2D eigenvalue weighted by atomic mass is 35.5. The molecular weight excluding hydrogens is 296 g/mol. The lowest BCUT2D eigenvalue weighted by Gasteiger charge is -2.17. The lowest BCUT2D eigenvalue weighted by Crippen LogP contribution is -2.26. The normalized spacial score (nSPS) is 11.8. The topological polar surface area (TPSA) is 50.3 Å². The van der Waals surface area contributed by atoms with Gasteiger partial charge in [-0.2, -0.15) is 4.31 Å². The van der Waals surface area contributed by atoms with Crippen molar-refractivity contribution >= 4 is 21.6 Å². The molecule has 0 unspecified atom stereocenters. The Morgan fingerprint density at radius 1 is 1.20 bits per heavy atom. The molecule has 2 aromatic rings. The number of hydrogen-bond donors (Lipinski definition) is 0. The van der Waals surface area contributed by atoms with Crippen LogP contribution in [0.5, 0.6) is 0 Å². The van der Waals surface area contributed by atoms with Crippen LogP contribution in [-0.4, -0.2) is 24.8 Å². The van der Waals surface area contributed by atoms with Crippen LogP contribution < -0.4 is 0 Å². The quantitative estimate of drug-likeness (QED) is 0.872. The fourth-order valence-electron chi connectivity index (χ4n) is 1.76. The van der Waals surface area contributed by atoms with E-state index in [1.54, 1.807) is 0 Å². The predicted octanol–water partition coefficient (Wildman–Crippen LogP) is 2.86. The van der Waals surface area contributed by atoms with E-state index < -0.39 is 10.0 Å². The Balaban J connectivity index is 2.26. The van der Waals surface area contributed by atoms with Gasteiger partial charge in [0.1, 0.15) is 4.90 Å². The second-order valence-electron chi connectivity index (χ2n) is 4.55. The van der Waals surface area contributed by atoms with Crippen LogP contribution in [0.3, 0.4) is 0 Å². The highest BCUT2D eigenvalue weighted by Crippen LogP contribution is 2.23. The second kappa shape index (κ2) is 5.91. The van der Waals surface area contributed by atoms with E-state index in [-0.39, 0.29) is 16.5 Å². The predicted molar refractivity (Wildman–Crippen MR) is 79.1 cm³/mol. The summed E-state index contributed by atoms with van der Waals surface area (Å²) in [4.78, 5) is 3.85. The molecule has 0 N–H and O–H groups in total. The summed E-state index contributed by atoms with van der Waals surface area (Å²) in [5.41, 5.74) is 2.05. The zero-order valence-corrected chi connectivity index (χ0v) is 12.8. The molecule has 0 saturated carbocycles. The molecule has 20 heavy (non-hydrogen) atoms. The Morgan fingerprint density at radius 2 is 1.85 bits per heavy atom. The van der Waals surface area contributed by atoms with Gasteiger partial charge in [-0.05, 0) is 18.6 Å². The number of aromatic nitrogens is 1. The second-order valence-corrected chi connectivity index (χ2v) is 6.97. The van der Waals surface area contributed by atoms with Crippen LogP contribution in [0, 0.1) is 6.92 Å². The minimum absolute atomic E-state index is 0.0243. The van der Waals surface area contributed by atoms with Crippen LogP contribution in [0.15, 0.2) is 47.6 Å². The van der Waals surface area contributed by atoms with Crippen molar-refractivity contribution in [2.75, 3.05) is 7.05 Å². The average Bonchev–Trinajstić information content (AvgIpc) is 2.41. The number of halogens is 1. The maximum absolute atomic E-state index is 12.4. The van der Waals surface area contributed by atoms with Gasteiger partial charge in [-0.1, -0.05) is 41.4 Å². The van der Waals surface area contributed by atoms with Crippen molar-refractivity contribution in [3.05, 3.63) is 58.9 Å². The van der Waals surface area contributed by atoms with Crippen molar-refractivity contribution in [1.29, 1.82) is 0 Å². The molecule has 0 atom stereocenters. The third-order valence-electron chi connectivity index (χ3n) is 2.95. The number of nitrogens with zero attached hydrogens (tertiary/aromatic N) is 2. The maximum Gasteiger partial charge on any atom is 0.246 e. The zero-order valence-electron chi connectivity index (χ0n) is 11.2. The molecule has 1 heterocycles. The fraction of sp³-hybridized carbons (Fsp3) is 0.214. The van der Waals surface area contributed by atoms with E-state index in [2.05, 4.69) is 4.98 Å². The van der Waals surface area contributed by atoms with E-state index in [0.717, 1.165) is 11.1 Å². The minimum atomic E-state index is -3.64. The molecule has 0 saturated heterocycles. The Labute approximate surface area is 124 Å². The molecule has 4 nitrogen and oxygen atoms in total. The number of rotatable bonds is 4. The van der Waals surface area contributed by atoms with Gasteiger partial charge in [-0.25, -0.2) is 8.42 Å². The summed E-state index contributed by atoms with van der Waals surface area (Å²) in [6.45, 7) is 2.27. The molecule has 0 amide bonds. The molecule has 0 radical (unpaired) electrons. The smallest absolute Gasteiger partial charge is 0.246 e. The van der Waals surface area contributed by atoms with Crippen molar-refractivity contribution < 1.29 is 8.42 Å². The highest BCUT2D eigenvalue weighted by Gasteiger charge is 2.23. The summed E-state index contributed by atoms with van der Waals surface area (Å²) in [5.74, 6) is 0. The van der Waals surface area contributed by atoms with E-state index in [0.29, 0.717) is 0 Å². The summed E-state index contributed by atoms with van der Waals surface area (Å²) in [6.07, 6.45) is 2.73. The number of sulfonamides is 1. The molecule has 0 fully saturated rings. The molecule has 0 aliphatic carbocycles. The van der Waals surface area contributed by atoms with Gasteiger partial charge in [0, 0.05) is 26.0 Å². The number of benzene rings is 1. The van der Waals surface area contributed by atoms with Crippen molar-refractivity contribution in [3.8, 4) is 0 Å². The molecule has 2 rings (SSSR count). The molecule has 0 aliphatic heterocycles. The van der Waals surface area contributed by atoms with Crippen LogP contribution in [0.2, 0.25) is 5.02 Å². The first kappa shape index (κ1) is 15.0. The van der Waals surface area contributed by atoms with Gasteiger partial charge in [0.2, 0.25) is 10.0 Å². The van der Waals surface area contributed by atoms with Crippen LogP contribution in [0.1, 0.15) is 11.1 Å². The summed E-state index contributed by atoms with van der Waals surface area (Å²) >= 11 is 5.93. The fourth-order valence-corrected chi connectivity index (χ4v) is 3.32. The van der Waals surface area contributed by atoms with Crippen LogP contribution >= 0.6 is 11.6 Å². The molecule has 6 heteroatoms. The Bertz CT molecular complexity index is 699. The summed E-state index contributed by atoms with van der Waals surface area (Å²) in [6, 6.07) is 9.19. The van der Waals surface area contributed by atoms with E-state index >= 15 is 0 Å². The van der Waals surface area contributed by atoms with Gasteiger partial charge in [0.25, 0.3) is 0 Å². The van der Waals surface area contributed by atoms with Crippen molar-refractivity contribution in [3.63, 3.8) is 0 Å². The Hall–Kier alpha value is -1.43. The van der Waals surface area contributed by atoms with Gasteiger partial charge in [0.15, 0.2) is 0 Å². The van der Waals surface area contributed by atoms with Crippen LogP contribution in [0.25, 0.3) is 0 Å². The molecule has 106 valence electrons. The van der Waals surface area contributed by atoms with Gasteiger partial charge in [0.05, 0.1) is 5.02 Å². The Morgan fingerprint density at radius 3 is 2.45 bits per heavy atom. The third-order valence-corrected chi connectivity index (χ3v) is 5.22. The first-order chi connectivity index (χ1) is 9.41. The SMILES string of the molecule is Cc1ccc(CN(C)S(=O)(=O)c2cnccc2Cl)cc1. The zero-order chi connectivity index (χ0) is 14.8. The Kier molecular flexibility index (Phi) is 4.42. The van der Waals surface area contributed by atoms with Crippen molar-refractivity contribution in [2.24, 2.45) is 0 Å². The third kappa shape index (κ3) is 3.17. The lowest BCUT2D eigenvalue weighted by molar-refractivity contribution is 0.466.